The quantitative estimate of drug-likeness (QED) is 0.344. The molecule has 0 saturated carbocycles. The fourth-order valence-electron chi connectivity index (χ4n) is 4.10. The van der Waals surface area contributed by atoms with E-state index < -0.39 is 0 Å². The van der Waals surface area contributed by atoms with Gasteiger partial charge < -0.3 is 9.94 Å². The third-order valence-electron chi connectivity index (χ3n) is 5.81. The molecule has 4 rings (SSSR count). The first kappa shape index (κ1) is 20.6. The first-order valence-electron chi connectivity index (χ1n) is 11.0. The number of nitrogens with zero attached hydrogens (tertiary/aromatic N) is 2. The molecule has 0 unspecified atom stereocenters. The number of likely N-dealkylation sites (tertiary alicyclic amines) is 1. The summed E-state index contributed by atoms with van der Waals surface area (Å²) in [7, 11) is 0. The van der Waals surface area contributed by atoms with Crippen molar-refractivity contribution in [1.29, 1.82) is 0 Å². The normalized spacial score (nSPS) is 15.8. The Balaban J connectivity index is 1.59. The van der Waals surface area contributed by atoms with Crippen molar-refractivity contribution in [2.45, 2.75) is 32.3 Å². The number of hydrogen-bond acceptors (Lipinski definition) is 4. The minimum atomic E-state index is 0.0351. The van der Waals surface area contributed by atoms with Crippen LogP contribution < -0.4 is 0 Å². The highest BCUT2D eigenvalue weighted by Crippen LogP contribution is 2.22. The van der Waals surface area contributed by atoms with Crippen LogP contribution in [0.25, 0.3) is 10.8 Å². The van der Waals surface area contributed by atoms with Crippen LogP contribution in [0.2, 0.25) is 0 Å². The second kappa shape index (κ2) is 10.4. The summed E-state index contributed by atoms with van der Waals surface area (Å²) in [4.78, 5) is 8.33. The smallest absolute Gasteiger partial charge is 0.129 e. The van der Waals surface area contributed by atoms with E-state index in [2.05, 4.69) is 52.5 Å². The summed E-state index contributed by atoms with van der Waals surface area (Å²) >= 11 is 0. The van der Waals surface area contributed by atoms with E-state index >= 15 is 0 Å². The van der Waals surface area contributed by atoms with Crippen LogP contribution in [0, 0.1) is 0 Å². The molecular formula is C26H30N2O2. The molecular weight excluding hydrogens is 372 g/mol. The number of aliphatic hydroxyl groups is 1. The summed E-state index contributed by atoms with van der Waals surface area (Å²) in [5, 5.41) is 16.3. The average Bonchev–Trinajstić information content (AvgIpc) is 3.08. The lowest BCUT2D eigenvalue weighted by Gasteiger charge is -2.18. The summed E-state index contributed by atoms with van der Waals surface area (Å²) < 4.78 is 0. The summed E-state index contributed by atoms with van der Waals surface area (Å²) in [6.07, 6.45) is 5.23. The molecule has 0 aliphatic carbocycles. The van der Waals surface area contributed by atoms with Crippen molar-refractivity contribution >= 4 is 16.5 Å². The third kappa shape index (κ3) is 5.07. The molecule has 3 aromatic rings. The molecule has 1 N–H and O–H groups in total. The van der Waals surface area contributed by atoms with Crippen LogP contribution in [0.1, 0.15) is 42.4 Å². The summed E-state index contributed by atoms with van der Waals surface area (Å²) in [6.45, 7) is 3.85. The minimum absolute atomic E-state index is 0.0351. The third-order valence-corrected chi connectivity index (χ3v) is 5.81. The molecule has 0 aromatic heterocycles. The predicted molar refractivity (Wildman–Crippen MR) is 123 cm³/mol. The molecule has 1 heterocycles. The van der Waals surface area contributed by atoms with Crippen LogP contribution in [0.5, 0.6) is 0 Å². The number of oxime groups is 1. The Morgan fingerprint density at radius 1 is 0.867 bits per heavy atom. The van der Waals surface area contributed by atoms with Gasteiger partial charge >= 0.3 is 0 Å². The molecule has 0 amide bonds. The molecule has 3 aromatic carbocycles. The van der Waals surface area contributed by atoms with Crippen LogP contribution in [-0.4, -0.2) is 42.0 Å². The largest absolute Gasteiger partial charge is 0.394 e. The van der Waals surface area contributed by atoms with E-state index in [4.69, 9.17) is 4.84 Å². The highest BCUT2D eigenvalue weighted by molar-refractivity contribution is 6.19. The van der Waals surface area contributed by atoms with Gasteiger partial charge in [-0.05, 0) is 42.3 Å². The lowest BCUT2D eigenvalue weighted by Crippen LogP contribution is -2.28. The van der Waals surface area contributed by atoms with Crippen molar-refractivity contribution in [3.63, 3.8) is 0 Å². The van der Waals surface area contributed by atoms with Crippen LogP contribution in [0.3, 0.4) is 0 Å². The Morgan fingerprint density at radius 2 is 1.60 bits per heavy atom. The van der Waals surface area contributed by atoms with E-state index in [0.717, 1.165) is 47.4 Å². The highest BCUT2D eigenvalue weighted by atomic mass is 16.6. The Morgan fingerprint density at radius 3 is 2.37 bits per heavy atom. The van der Waals surface area contributed by atoms with Crippen molar-refractivity contribution in [2.75, 3.05) is 26.2 Å². The summed E-state index contributed by atoms with van der Waals surface area (Å²) in [5.41, 5.74) is 3.75. The van der Waals surface area contributed by atoms with E-state index in [9.17, 15) is 5.11 Å². The zero-order chi connectivity index (χ0) is 20.6. The van der Waals surface area contributed by atoms with Crippen molar-refractivity contribution in [3.8, 4) is 0 Å². The van der Waals surface area contributed by atoms with E-state index in [1.807, 2.05) is 24.3 Å². The molecule has 1 saturated heterocycles. The monoisotopic (exact) mass is 402 g/mol. The average molecular weight is 403 g/mol. The van der Waals surface area contributed by atoms with E-state index in [1.54, 1.807) is 0 Å². The van der Waals surface area contributed by atoms with Gasteiger partial charge in [-0.2, -0.15) is 0 Å². The highest BCUT2D eigenvalue weighted by Gasteiger charge is 2.13. The molecule has 30 heavy (non-hydrogen) atoms. The van der Waals surface area contributed by atoms with E-state index in [0.29, 0.717) is 6.61 Å². The number of benzene rings is 3. The number of fused-ring (bicyclic) bond motifs is 1. The molecule has 0 bridgehead atoms. The maximum absolute atomic E-state index is 9.38. The molecule has 4 nitrogen and oxygen atoms in total. The lowest BCUT2D eigenvalue weighted by molar-refractivity contribution is 0.112. The fourth-order valence-corrected chi connectivity index (χ4v) is 4.10. The summed E-state index contributed by atoms with van der Waals surface area (Å²) in [5.74, 6) is 0. The summed E-state index contributed by atoms with van der Waals surface area (Å²) in [6, 6.07) is 22.5. The van der Waals surface area contributed by atoms with Gasteiger partial charge in [0.2, 0.25) is 0 Å². The van der Waals surface area contributed by atoms with Gasteiger partial charge in [0.25, 0.3) is 0 Å². The van der Waals surface area contributed by atoms with Gasteiger partial charge in [0.1, 0.15) is 12.3 Å². The van der Waals surface area contributed by atoms with Crippen LogP contribution in [0.15, 0.2) is 71.9 Å². The Labute approximate surface area is 178 Å². The van der Waals surface area contributed by atoms with Gasteiger partial charge in [0.15, 0.2) is 0 Å². The van der Waals surface area contributed by atoms with Crippen molar-refractivity contribution < 1.29 is 9.94 Å². The SMILES string of the molecule is OCc1ccc(/C(=N/OCCN2CCCCCC2)c2cccc3ccccc23)cc1. The molecule has 0 atom stereocenters. The predicted octanol–water partition coefficient (Wildman–Crippen LogP) is 4.98. The molecule has 1 fully saturated rings. The molecule has 156 valence electrons. The van der Waals surface area contributed by atoms with E-state index in [1.165, 1.54) is 31.1 Å². The number of rotatable bonds is 7. The van der Waals surface area contributed by atoms with E-state index in [-0.39, 0.29) is 6.61 Å². The van der Waals surface area contributed by atoms with Crippen LogP contribution >= 0.6 is 0 Å². The maximum Gasteiger partial charge on any atom is 0.129 e. The molecule has 0 spiro atoms. The molecule has 4 heteroatoms. The van der Waals surface area contributed by atoms with Gasteiger partial charge in [0.05, 0.1) is 6.61 Å². The second-order valence-corrected chi connectivity index (χ2v) is 7.91. The zero-order valence-corrected chi connectivity index (χ0v) is 17.5. The molecule has 1 aliphatic rings. The topological polar surface area (TPSA) is 45.1 Å². The van der Waals surface area contributed by atoms with Gasteiger partial charge in [-0.1, -0.05) is 84.7 Å². The fraction of sp³-hybridized carbons (Fsp3) is 0.346. The van der Waals surface area contributed by atoms with Crippen LogP contribution in [0.4, 0.5) is 0 Å². The van der Waals surface area contributed by atoms with Crippen molar-refractivity contribution in [2.24, 2.45) is 5.16 Å². The number of hydrogen-bond donors (Lipinski definition) is 1. The Kier molecular flexibility index (Phi) is 7.11. The molecule has 0 radical (unpaired) electrons. The second-order valence-electron chi connectivity index (χ2n) is 7.91. The first-order valence-corrected chi connectivity index (χ1v) is 11.0. The Bertz CT molecular complexity index is 968. The van der Waals surface area contributed by atoms with Gasteiger partial charge in [-0.3, -0.25) is 4.90 Å². The molecule has 1 aliphatic heterocycles. The maximum atomic E-state index is 9.38. The zero-order valence-electron chi connectivity index (χ0n) is 17.5. The number of aliphatic hydroxyl groups excluding tert-OH is 1. The van der Waals surface area contributed by atoms with Gasteiger partial charge in [0, 0.05) is 17.7 Å². The van der Waals surface area contributed by atoms with Gasteiger partial charge in [-0.25, -0.2) is 0 Å². The standard InChI is InChI=1S/C26H30N2O2/c29-20-21-12-14-23(15-13-21)26(25-11-7-9-22-8-3-4-10-24(22)25)27-30-19-18-28-16-5-1-2-6-17-28/h3-4,7-15,29H,1-2,5-6,16-20H2/b27-26-. The minimum Gasteiger partial charge on any atom is -0.394 e. The van der Waals surface area contributed by atoms with Crippen LogP contribution in [-0.2, 0) is 11.4 Å². The lowest BCUT2D eigenvalue weighted by atomic mass is 9.96. The van der Waals surface area contributed by atoms with Crippen molar-refractivity contribution in [3.05, 3.63) is 83.4 Å². The Hall–Kier alpha value is -2.69. The van der Waals surface area contributed by atoms with Crippen molar-refractivity contribution in [1.82, 2.24) is 4.90 Å². The first-order chi connectivity index (χ1) is 14.8. The van der Waals surface area contributed by atoms with Gasteiger partial charge in [-0.15, -0.1) is 0 Å².